The molecule has 3 aliphatic heterocycles. The topological polar surface area (TPSA) is 199 Å². The summed E-state index contributed by atoms with van der Waals surface area (Å²) in [7, 11) is 1.55. The number of ketones is 3. The largest absolute Gasteiger partial charge is 0.507 e. The molecule has 5 aliphatic rings. The van der Waals surface area contributed by atoms with Crippen molar-refractivity contribution in [2.45, 2.75) is 81.9 Å². The number of carbonyl (C=O) groups excluding carboxylic acids is 3. The predicted molar refractivity (Wildman–Crippen MR) is 163 cm³/mol. The molecular weight excluding hydrogens is 614 g/mol. The smallest absolute Gasteiger partial charge is 0.200 e. The highest BCUT2D eigenvalue weighted by Crippen LogP contribution is 2.53. The minimum atomic E-state index is -1.99. The molecule has 0 aromatic heterocycles. The summed E-state index contributed by atoms with van der Waals surface area (Å²) >= 11 is 0. The van der Waals surface area contributed by atoms with Crippen LogP contribution in [0.25, 0.3) is 0 Å². The van der Waals surface area contributed by atoms with Crippen LogP contribution in [-0.2, 0) is 34.9 Å². The molecule has 8 atom stereocenters. The summed E-state index contributed by atoms with van der Waals surface area (Å²) in [5.41, 5.74) is 3.34. The number of aliphatic hydroxyl groups is 1. The van der Waals surface area contributed by atoms with Gasteiger partial charge in [-0.05, 0) is 19.9 Å². The van der Waals surface area contributed by atoms with Gasteiger partial charge in [-0.2, -0.15) is 0 Å². The molecule has 0 bridgehead atoms. The summed E-state index contributed by atoms with van der Waals surface area (Å²) in [5, 5.41) is 38.1. The molecule has 7 rings (SSSR count). The van der Waals surface area contributed by atoms with Crippen LogP contribution in [0.1, 0.15) is 75.8 Å². The summed E-state index contributed by atoms with van der Waals surface area (Å²) in [6.45, 7) is 4.73. The number of ether oxygens (including phenoxy) is 5. The summed E-state index contributed by atoms with van der Waals surface area (Å²) in [6.07, 6.45) is -4.16. The van der Waals surface area contributed by atoms with Crippen LogP contribution in [0.4, 0.5) is 5.69 Å². The van der Waals surface area contributed by atoms with Crippen LogP contribution >= 0.6 is 0 Å². The van der Waals surface area contributed by atoms with Crippen molar-refractivity contribution in [1.29, 1.82) is 0 Å². The predicted octanol–water partition coefficient (Wildman–Crippen LogP) is 1.10. The number of hydrogen-bond donors (Lipinski definition) is 5. The van der Waals surface area contributed by atoms with E-state index in [1.807, 2.05) is 6.92 Å². The van der Waals surface area contributed by atoms with E-state index in [9.17, 15) is 29.7 Å². The number of phenolic OH excluding ortho intramolecular Hbond substituents is 2. The Morgan fingerprint density at radius 3 is 2.64 bits per heavy atom. The van der Waals surface area contributed by atoms with Crippen molar-refractivity contribution in [2.75, 3.05) is 38.7 Å². The number of Topliss-reactive ketones (excluding diaryl/α,β-unsaturated/α-hetero) is 1. The van der Waals surface area contributed by atoms with E-state index in [0.717, 1.165) is 0 Å². The third kappa shape index (κ3) is 4.97. The van der Waals surface area contributed by atoms with Gasteiger partial charge in [-0.15, -0.1) is 0 Å². The highest BCUT2D eigenvalue weighted by molar-refractivity contribution is 6.32. The number of nitrogens with two attached hydrogens (primary N) is 1. The van der Waals surface area contributed by atoms with Crippen LogP contribution < -0.4 is 11.1 Å². The number of carbonyl (C=O) groups is 3. The molecule has 14 heteroatoms. The lowest BCUT2D eigenvalue weighted by atomic mass is 9.72. The maximum absolute atomic E-state index is 14.1. The standard InChI is InChI=1S/C33H39N3O11/c1-14-30-19(36-9-10-44-32(43-3)31(36)47-30)11-21(45-14)46-20-13-33(42,15(2)37)12-17-23(20)29(41)25-24(27(17)39)26(38)16-5-4-6-18(35-8-7-34)22(16)28(25)40/h4-6,14,19-21,30-32,35,39,41-42H,7-13,34H2,1-3H3. The third-order valence-electron chi connectivity index (χ3n) is 10.1. The van der Waals surface area contributed by atoms with E-state index < -0.39 is 71.9 Å². The highest BCUT2D eigenvalue weighted by Gasteiger charge is 2.55. The molecule has 252 valence electrons. The maximum atomic E-state index is 14.1. The Morgan fingerprint density at radius 2 is 1.91 bits per heavy atom. The zero-order chi connectivity index (χ0) is 33.4. The normalized spacial score (nSPS) is 33.0. The maximum Gasteiger partial charge on any atom is 0.200 e. The van der Waals surface area contributed by atoms with Crippen molar-refractivity contribution in [3.8, 4) is 11.5 Å². The lowest BCUT2D eigenvalue weighted by Gasteiger charge is -2.43. The van der Waals surface area contributed by atoms with E-state index in [1.54, 1.807) is 19.2 Å². The Hall–Kier alpha value is -3.47. The molecule has 14 nitrogen and oxygen atoms in total. The SMILES string of the molecule is COC1OCCN2C3CC(OC4CC(O)(C(C)=O)Cc5c(O)c6c(c(O)c54)C(=O)c4c(NCCN)cccc4C6=O)OC(C)C3OC12. The minimum absolute atomic E-state index is 0.0221. The number of aromatic hydroxyl groups is 2. The molecule has 0 radical (unpaired) electrons. The van der Waals surface area contributed by atoms with Crippen LogP contribution in [0.2, 0.25) is 0 Å². The Labute approximate surface area is 270 Å². The Morgan fingerprint density at radius 1 is 1.15 bits per heavy atom. The molecule has 8 unspecified atom stereocenters. The van der Waals surface area contributed by atoms with E-state index in [4.69, 9.17) is 29.4 Å². The second-order valence-electron chi connectivity index (χ2n) is 12.8. The van der Waals surface area contributed by atoms with E-state index in [-0.39, 0.29) is 58.5 Å². The molecule has 2 aliphatic carbocycles. The first kappa shape index (κ1) is 32.1. The molecule has 3 saturated heterocycles. The van der Waals surface area contributed by atoms with E-state index in [1.165, 1.54) is 13.0 Å². The first-order chi connectivity index (χ1) is 22.5. The number of phenols is 2. The van der Waals surface area contributed by atoms with Crippen LogP contribution in [0.15, 0.2) is 18.2 Å². The fourth-order valence-corrected chi connectivity index (χ4v) is 7.81. The number of methoxy groups -OCH3 is 1. The average Bonchev–Trinajstić information content (AvgIpc) is 3.43. The fourth-order valence-electron chi connectivity index (χ4n) is 7.81. The van der Waals surface area contributed by atoms with Crippen molar-refractivity contribution >= 4 is 23.0 Å². The summed E-state index contributed by atoms with van der Waals surface area (Å²) < 4.78 is 30.2. The minimum Gasteiger partial charge on any atom is -0.507 e. The molecule has 47 heavy (non-hydrogen) atoms. The van der Waals surface area contributed by atoms with Gasteiger partial charge in [-0.25, -0.2) is 0 Å². The van der Waals surface area contributed by atoms with Crippen LogP contribution in [0.3, 0.4) is 0 Å². The van der Waals surface area contributed by atoms with Crippen LogP contribution in [0, 0.1) is 0 Å². The molecule has 0 saturated carbocycles. The van der Waals surface area contributed by atoms with Crippen LogP contribution in [-0.4, -0.2) is 114 Å². The number of morpholine rings is 1. The second kappa shape index (κ2) is 11.9. The molecule has 3 fully saturated rings. The number of benzene rings is 2. The quantitative estimate of drug-likeness (QED) is 0.227. The number of anilines is 1. The third-order valence-corrected chi connectivity index (χ3v) is 10.1. The summed E-state index contributed by atoms with van der Waals surface area (Å²) in [4.78, 5) is 42.9. The second-order valence-corrected chi connectivity index (χ2v) is 12.8. The van der Waals surface area contributed by atoms with Gasteiger partial charge in [0.1, 0.15) is 23.2 Å². The molecule has 6 N–H and O–H groups in total. The zero-order valence-corrected chi connectivity index (χ0v) is 26.4. The Bertz CT molecular complexity index is 1650. The van der Waals surface area contributed by atoms with Crippen molar-refractivity contribution in [2.24, 2.45) is 5.73 Å². The van der Waals surface area contributed by atoms with E-state index >= 15 is 0 Å². The van der Waals surface area contributed by atoms with Gasteiger partial charge in [-0.1, -0.05) is 12.1 Å². The monoisotopic (exact) mass is 653 g/mol. The Kier molecular flexibility index (Phi) is 8.12. The van der Waals surface area contributed by atoms with Gasteiger partial charge >= 0.3 is 0 Å². The number of fused-ring (bicyclic) bond motifs is 6. The molecular formula is C33H39N3O11. The zero-order valence-electron chi connectivity index (χ0n) is 26.4. The molecule has 2 aromatic rings. The number of nitrogens with zero attached hydrogens (tertiary/aromatic N) is 1. The average molecular weight is 654 g/mol. The van der Waals surface area contributed by atoms with Crippen molar-refractivity contribution in [3.63, 3.8) is 0 Å². The van der Waals surface area contributed by atoms with Gasteiger partial charge in [0.05, 0.1) is 35.5 Å². The molecule has 0 spiro atoms. The van der Waals surface area contributed by atoms with Gasteiger partial charge in [0.15, 0.2) is 36.2 Å². The number of hydrogen-bond acceptors (Lipinski definition) is 14. The number of nitrogens with one attached hydrogen (secondary N) is 1. The highest BCUT2D eigenvalue weighted by atomic mass is 16.7. The summed E-state index contributed by atoms with van der Waals surface area (Å²) in [6, 6.07) is 4.57. The van der Waals surface area contributed by atoms with Crippen LogP contribution in [0.5, 0.6) is 11.5 Å². The van der Waals surface area contributed by atoms with Crippen molar-refractivity contribution < 1.29 is 53.4 Å². The van der Waals surface area contributed by atoms with Crippen molar-refractivity contribution in [1.82, 2.24) is 4.90 Å². The Balaban J connectivity index is 1.28. The van der Waals surface area contributed by atoms with Crippen molar-refractivity contribution in [3.05, 3.63) is 51.6 Å². The molecule has 2 aromatic carbocycles. The first-order valence-corrected chi connectivity index (χ1v) is 15.9. The lowest BCUT2D eigenvalue weighted by molar-refractivity contribution is -0.256. The lowest BCUT2D eigenvalue weighted by Crippen LogP contribution is -2.55. The van der Waals surface area contributed by atoms with Gasteiger partial charge < -0.3 is 50.1 Å². The molecule has 0 amide bonds. The number of rotatable bonds is 7. The molecule has 3 heterocycles. The first-order valence-electron chi connectivity index (χ1n) is 15.9. The van der Waals surface area contributed by atoms with Gasteiger partial charge in [0.2, 0.25) is 0 Å². The van der Waals surface area contributed by atoms with Gasteiger partial charge in [0, 0.05) is 74.4 Å². The van der Waals surface area contributed by atoms with Gasteiger partial charge in [0.25, 0.3) is 0 Å². The summed E-state index contributed by atoms with van der Waals surface area (Å²) in [5.74, 6) is -3.07. The van der Waals surface area contributed by atoms with E-state index in [2.05, 4.69) is 10.2 Å². The van der Waals surface area contributed by atoms with Gasteiger partial charge in [-0.3, -0.25) is 19.3 Å². The fraction of sp³-hybridized carbons (Fsp3) is 0.545. The van der Waals surface area contributed by atoms with E-state index in [0.29, 0.717) is 31.8 Å².